The Labute approximate surface area is 152 Å². The molecule has 3 rings (SSSR count). The predicted molar refractivity (Wildman–Crippen MR) is 100 cm³/mol. The largest absolute Gasteiger partial charge is 0.493 e. The number of carbonyl (C=O) groups excluding carboxylic acids is 1. The standard InChI is InChI=1S/C20H21N3O3/c1-22(2)20(24)19-16(13-23(21-19)15-8-6-5-7-9-15)14-10-11-17(25-3)18(12-14)26-4/h5-13H,1-4H3. The minimum Gasteiger partial charge on any atom is -0.493 e. The van der Waals surface area contributed by atoms with Crippen LogP contribution >= 0.6 is 0 Å². The first kappa shape index (κ1) is 17.5. The number of nitrogens with zero attached hydrogens (tertiary/aromatic N) is 3. The van der Waals surface area contributed by atoms with E-state index < -0.39 is 0 Å². The van der Waals surface area contributed by atoms with E-state index in [9.17, 15) is 4.79 Å². The van der Waals surface area contributed by atoms with Crippen LogP contribution < -0.4 is 9.47 Å². The Kier molecular flexibility index (Phi) is 4.93. The van der Waals surface area contributed by atoms with Crippen LogP contribution in [0.5, 0.6) is 11.5 Å². The zero-order chi connectivity index (χ0) is 18.7. The predicted octanol–water partition coefficient (Wildman–Crippen LogP) is 3.26. The van der Waals surface area contributed by atoms with Crippen molar-refractivity contribution < 1.29 is 14.3 Å². The molecule has 2 aromatic carbocycles. The van der Waals surface area contributed by atoms with Crippen molar-refractivity contribution in [3.63, 3.8) is 0 Å². The van der Waals surface area contributed by atoms with Crippen molar-refractivity contribution in [2.24, 2.45) is 0 Å². The number of amides is 1. The third-order valence-electron chi connectivity index (χ3n) is 4.04. The Bertz CT molecular complexity index is 917. The molecule has 0 unspecified atom stereocenters. The summed E-state index contributed by atoms with van der Waals surface area (Å²) in [7, 11) is 6.59. The molecule has 0 radical (unpaired) electrons. The van der Waals surface area contributed by atoms with Gasteiger partial charge in [-0.15, -0.1) is 0 Å². The molecule has 0 aliphatic heterocycles. The van der Waals surface area contributed by atoms with Crippen molar-refractivity contribution in [1.82, 2.24) is 14.7 Å². The topological polar surface area (TPSA) is 56.6 Å². The number of benzene rings is 2. The molecule has 6 nitrogen and oxygen atoms in total. The molecule has 3 aromatic rings. The first-order valence-corrected chi connectivity index (χ1v) is 8.14. The van der Waals surface area contributed by atoms with Gasteiger partial charge < -0.3 is 14.4 Å². The maximum absolute atomic E-state index is 12.7. The second-order valence-electron chi connectivity index (χ2n) is 5.94. The summed E-state index contributed by atoms with van der Waals surface area (Å²) >= 11 is 0. The average molecular weight is 351 g/mol. The molecule has 0 atom stereocenters. The third-order valence-corrected chi connectivity index (χ3v) is 4.04. The molecule has 0 bridgehead atoms. The number of methoxy groups -OCH3 is 2. The highest BCUT2D eigenvalue weighted by molar-refractivity contribution is 5.99. The van der Waals surface area contributed by atoms with Gasteiger partial charge in [0, 0.05) is 25.9 Å². The fourth-order valence-electron chi connectivity index (χ4n) is 2.67. The fraction of sp³-hybridized carbons (Fsp3) is 0.200. The van der Waals surface area contributed by atoms with Crippen LogP contribution in [-0.4, -0.2) is 48.9 Å². The normalized spacial score (nSPS) is 10.5. The molecule has 1 heterocycles. The molecule has 1 aromatic heterocycles. The van der Waals surface area contributed by atoms with Gasteiger partial charge in [0.1, 0.15) is 0 Å². The molecule has 134 valence electrons. The van der Waals surface area contributed by atoms with Crippen molar-refractivity contribution in [3.05, 3.63) is 60.4 Å². The van der Waals surface area contributed by atoms with E-state index in [0.29, 0.717) is 17.2 Å². The van der Waals surface area contributed by atoms with Crippen LogP contribution in [0.3, 0.4) is 0 Å². The van der Waals surface area contributed by atoms with Gasteiger partial charge in [-0.25, -0.2) is 4.68 Å². The Morgan fingerprint density at radius 2 is 1.69 bits per heavy atom. The van der Waals surface area contributed by atoms with Crippen molar-refractivity contribution in [3.8, 4) is 28.3 Å². The smallest absolute Gasteiger partial charge is 0.274 e. The lowest BCUT2D eigenvalue weighted by molar-refractivity contribution is 0.0822. The molecule has 0 aliphatic rings. The Morgan fingerprint density at radius 3 is 2.31 bits per heavy atom. The summed E-state index contributed by atoms with van der Waals surface area (Å²) in [5, 5.41) is 4.53. The summed E-state index contributed by atoms with van der Waals surface area (Å²) in [6, 6.07) is 15.2. The third kappa shape index (κ3) is 3.26. The number of para-hydroxylation sites is 1. The molecule has 0 N–H and O–H groups in total. The van der Waals surface area contributed by atoms with Crippen LogP contribution in [0.25, 0.3) is 16.8 Å². The van der Waals surface area contributed by atoms with E-state index in [1.807, 2.05) is 54.7 Å². The maximum atomic E-state index is 12.7. The van der Waals surface area contributed by atoms with E-state index in [-0.39, 0.29) is 5.91 Å². The van der Waals surface area contributed by atoms with Gasteiger partial charge in [0.15, 0.2) is 17.2 Å². The van der Waals surface area contributed by atoms with Crippen molar-refractivity contribution >= 4 is 5.91 Å². The fourth-order valence-corrected chi connectivity index (χ4v) is 2.67. The van der Waals surface area contributed by atoms with Gasteiger partial charge in [-0.3, -0.25) is 4.79 Å². The van der Waals surface area contributed by atoms with E-state index in [0.717, 1.165) is 16.8 Å². The summed E-state index contributed by atoms with van der Waals surface area (Å²) in [6.45, 7) is 0. The highest BCUT2D eigenvalue weighted by atomic mass is 16.5. The first-order valence-electron chi connectivity index (χ1n) is 8.14. The van der Waals surface area contributed by atoms with Gasteiger partial charge in [0.25, 0.3) is 5.91 Å². The highest BCUT2D eigenvalue weighted by Gasteiger charge is 2.21. The average Bonchev–Trinajstić information content (AvgIpc) is 3.12. The SMILES string of the molecule is COc1ccc(-c2cn(-c3ccccc3)nc2C(=O)N(C)C)cc1OC. The van der Waals surface area contributed by atoms with Crippen LogP contribution in [0.4, 0.5) is 0 Å². The minimum absolute atomic E-state index is 0.163. The lowest BCUT2D eigenvalue weighted by Gasteiger charge is -2.11. The van der Waals surface area contributed by atoms with Crippen LogP contribution in [0.15, 0.2) is 54.7 Å². The second-order valence-corrected chi connectivity index (χ2v) is 5.94. The maximum Gasteiger partial charge on any atom is 0.274 e. The van der Waals surface area contributed by atoms with Crippen molar-refractivity contribution in [2.75, 3.05) is 28.3 Å². The van der Waals surface area contributed by atoms with Crippen molar-refractivity contribution in [2.45, 2.75) is 0 Å². The number of aromatic nitrogens is 2. The van der Waals surface area contributed by atoms with Gasteiger partial charge in [-0.05, 0) is 29.8 Å². The van der Waals surface area contributed by atoms with Crippen LogP contribution in [0, 0.1) is 0 Å². The quantitative estimate of drug-likeness (QED) is 0.708. The molecule has 0 saturated heterocycles. The number of ether oxygens (including phenoxy) is 2. The summed E-state index contributed by atoms with van der Waals surface area (Å²) in [4.78, 5) is 14.2. The van der Waals surface area contributed by atoms with Gasteiger partial charge in [-0.1, -0.05) is 24.3 Å². The molecular weight excluding hydrogens is 330 g/mol. The Morgan fingerprint density at radius 1 is 1.00 bits per heavy atom. The molecular formula is C20H21N3O3. The minimum atomic E-state index is -0.163. The molecule has 0 spiro atoms. The van der Waals surface area contributed by atoms with Gasteiger partial charge in [0.2, 0.25) is 0 Å². The lowest BCUT2D eigenvalue weighted by Crippen LogP contribution is -2.23. The van der Waals surface area contributed by atoms with E-state index in [2.05, 4.69) is 5.10 Å². The molecule has 0 fully saturated rings. The van der Waals surface area contributed by atoms with Crippen molar-refractivity contribution in [1.29, 1.82) is 0 Å². The van der Waals surface area contributed by atoms with Crippen LogP contribution in [0.2, 0.25) is 0 Å². The van der Waals surface area contributed by atoms with E-state index in [1.54, 1.807) is 33.0 Å². The summed E-state index contributed by atoms with van der Waals surface area (Å²) in [5.74, 6) is 1.07. The first-order chi connectivity index (χ1) is 12.5. The van der Waals surface area contributed by atoms with Crippen LogP contribution in [0.1, 0.15) is 10.5 Å². The molecule has 0 aliphatic carbocycles. The molecule has 0 saturated carbocycles. The van der Waals surface area contributed by atoms with E-state index >= 15 is 0 Å². The Hall–Kier alpha value is -3.28. The Balaban J connectivity index is 2.16. The van der Waals surface area contributed by atoms with Gasteiger partial charge >= 0.3 is 0 Å². The number of hydrogen-bond acceptors (Lipinski definition) is 4. The second kappa shape index (κ2) is 7.31. The van der Waals surface area contributed by atoms with E-state index in [1.165, 1.54) is 4.90 Å². The highest BCUT2D eigenvalue weighted by Crippen LogP contribution is 2.34. The monoisotopic (exact) mass is 351 g/mol. The zero-order valence-electron chi connectivity index (χ0n) is 15.3. The molecule has 6 heteroatoms. The van der Waals surface area contributed by atoms with Crippen LogP contribution in [-0.2, 0) is 0 Å². The van der Waals surface area contributed by atoms with Gasteiger partial charge in [-0.2, -0.15) is 5.10 Å². The lowest BCUT2D eigenvalue weighted by atomic mass is 10.1. The summed E-state index contributed by atoms with van der Waals surface area (Å²) < 4.78 is 12.4. The number of rotatable bonds is 5. The summed E-state index contributed by atoms with van der Waals surface area (Å²) in [6.07, 6.45) is 1.85. The zero-order valence-corrected chi connectivity index (χ0v) is 15.3. The number of carbonyl (C=O) groups is 1. The molecule has 1 amide bonds. The summed E-state index contributed by atoms with van der Waals surface area (Å²) in [5.41, 5.74) is 2.82. The van der Waals surface area contributed by atoms with Gasteiger partial charge in [0.05, 0.1) is 19.9 Å². The number of hydrogen-bond donors (Lipinski definition) is 0. The van der Waals surface area contributed by atoms with E-state index in [4.69, 9.17) is 9.47 Å². The molecule has 26 heavy (non-hydrogen) atoms.